The van der Waals surface area contributed by atoms with Crippen LogP contribution in [0.5, 0.6) is 0 Å². The number of hydrogen-bond donors (Lipinski definition) is 1. The van der Waals surface area contributed by atoms with Crippen molar-refractivity contribution in [3.63, 3.8) is 0 Å². The lowest BCUT2D eigenvalue weighted by Crippen LogP contribution is -2.46. The van der Waals surface area contributed by atoms with Crippen molar-refractivity contribution in [2.45, 2.75) is 58.0 Å². The number of nitrogens with one attached hydrogen (secondary N) is 1. The fourth-order valence-corrected chi connectivity index (χ4v) is 2.69. The summed E-state index contributed by atoms with van der Waals surface area (Å²) in [5.41, 5.74) is 0. The molecule has 16 heavy (non-hydrogen) atoms. The van der Waals surface area contributed by atoms with Gasteiger partial charge in [-0.05, 0) is 44.6 Å². The van der Waals surface area contributed by atoms with E-state index >= 15 is 0 Å². The summed E-state index contributed by atoms with van der Waals surface area (Å²) in [5.74, 6) is 1.75. The summed E-state index contributed by atoms with van der Waals surface area (Å²) in [5, 5.41) is 3.69. The van der Waals surface area contributed by atoms with Gasteiger partial charge in [-0.25, -0.2) is 0 Å². The minimum atomic E-state index is 0.723. The number of rotatable bonds is 7. The van der Waals surface area contributed by atoms with Crippen molar-refractivity contribution in [3.05, 3.63) is 0 Å². The molecule has 0 radical (unpaired) electrons. The van der Waals surface area contributed by atoms with Crippen LogP contribution in [0.25, 0.3) is 0 Å². The van der Waals surface area contributed by atoms with E-state index in [0.29, 0.717) is 0 Å². The molecule has 0 heterocycles. The van der Waals surface area contributed by atoms with Gasteiger partial charge in [-0.3, -0.25) is 0 Å². The average molecular weight is 224 g/mol. The highest BCUT2D eigenvalue weighted by atomic mass is 15.2. The Kier molecular flexibility index (Phi) is 4.26. The Morgan fingerprint density at radius 3 is 2.31 bits per heavy atom. The van der Waals surface area contributed by atoms with E-state index < -0.39 is 0 Å². The molecule has 2 heteroatoms. The molecule has 0 spiro atoms. The van der Waals surface area contributed by atoms with E-state index in [1.165, 1.54) is 45.2 Å². The number of hydrogen-bond acceptors (Lipinski definition) is 2. The first-order chi connectivity index (χ1) is 7.66. The van der Waals surface area contributed by atoms with E-state index in [-0.39, 0.29) is 0 Å². The number of likely N-dealkylation sites (N-methyl/N-ethyl adjacent to an activating group) is 1. The third kappa shape index (κ3) is 3.46. The van der Waals surface area contributed by atoms with Gasteiger partial charge < -0.3 is 10.2 Å². The van der Waals surface area contributed by atoms with Gasteiger partial charge in [0.15, 0.2) is 0 Å². The normalized spacial score (nSPS) is 23.8. The van der Waals surface area contributed by atoms with Crippen molar-refractivity contribution in [1.82, 2.24) is 10.2 Å². The van der Waals surface area contributed by atoms with Gasteiger partial charge in [-0.1, -0.05) is 20.3 Å². The zero-order chi connectivity index (χ0) is 11.5. The Labute approximate surface area is 101 Å². The van der Waals surface area contributed by atoms with Crippen LogP contribution in [0.1, 0.15) is 46.0 Å². The first-order valence-electron chi connectivity index (χ1n) is 7.10. The van der Waals surface area contributed by atoms with E-state index in [1.54, 1.807) is 0 Å². The van der Waals surface area contributed by atoms with Gasteiger partial charge in [-0.15, -0.1) is 0 Å². The molecule has 2 aliphatic rings. The summed E-state index contributed by atoms with van der Waals surface area (Å²) in [6, 6.07) is 1.57. The lowest BCUT2D eigenvalue weighted by molar-refractivity contribution is 0.132. The van der Waals surface area contributed by atoms with Crippen LogP contribution in [0.2, 0.25) is 0 Å². The highest BCUT2D eigenvalue weighted by Crippen LogP contribution is 2.28. The average Bonchev–Trinajstić information content (AvgIpc) is 2.95. The van der Waals surface area contributed by atoms with Crippen LogP contribution in [0, 0.1) is 11.8 Å². The van der Waals surface area contributed by atoms with Crippen molar-refractivity contribution >= 4 is 0 Å². The molecule has 2 fully saturated rings. The number of nitrogens with zero attached hydrogens (tertiary/aromatic N) is 1. The fraction of sp³-hybridized carbons (Fsp3) is 1.00. The first kappa shape index (κ1) is 12.4. The van der Waals surface area contributed by atoms with E-state index in [4.69, 9.17) is 0 Å². The standard InChI is InChI=1S/C14H28N2/c1-11(2)14(9-15-13-7-8-13)16(3)10-12-5-4-6-12/h11-15H,4-10H2,1-3H3. The maximum absolute atomic E-state index is 3.69. The van der Waals surface area contributed by atoms with Crippen LogP contribution < -0.4 is 5.32 Å². The molecule has 0 aliphatic heterocycles. The predicted octanol–water partition coefficient (Wildman–Crippen LogP) is 2.49. The second-order valence-corrected chi connectivity index (χ2v) is 6.23. The quantitative estimate of drug-likeness (QED) is 0.715. The monoisotopic (exact) mass is 224 g/mol. The summed E-state index contributed by atoms with van der Waals surface area (Å²) < 4.78 is 0. The summed E-state index contributed by atoms with van der Waals surface area (Å²) in [6.07, 6.45) is 7.19. The topological polar surface area (TPSA) is 15.3 Å². The molecular weight excluding hydrogens is 196 g/mol. The smallest absolute Gasteiger partial charge is 0.0240 e. The Balaban J connectivity index is 1.73. The molecule has 1 unspecified atom stereocenters. The van der Waals surface area contributed by atoms with Gasteiger partial charge >= 0.3 is 0 Å². The van der Waals surface area contributed by atoms with Crippen molar-refractivity contribution in [2.24, 2.45) is 11.8 Å². The third-order valence-electron chi connectivity index (χ3n) is 4.30. The Morgan fingerprint density at radius 2 is 1.88 bits per heavy atom. The minimum Gasteiger partial charge on any atom is -0.312 e. The second kappa shape index (κ2) is 5.50. The molecule has 2 rings (SSSR count). The Morgan fingerprint density at radius 1 is 1.19 bits per heavy atom. The van der Waals surface area contributed by atoms with E-state index in [1.807, 2.05) is 0 Å². The molecule has 2 nitrogen and oxygen atoms in total. The SMILES string of the molecule is CC(C)C(CNC1CC1)N(C)CC1CCC1. The summed E-state index contributed by atoms with van der Waals surface area (Å²) in [4.78, 5) is 2.60. The molecule has 1 N–H and O–H groups in total. The van der Waals surface area contributed by atoms with Gasteiger partial charge in [0, 0.05) is 25.2 Å². The highest BCUT2D eigenvalue weighted by Gasteiger charge is 2.27. The van der Waals surface area contributed by atoms with Crippen LogP contribution in [0.15, 0.2) is 0 Å². The molecule has 0 aromatic rings. The lowest BCUT2D eigenvalue weighted by atomic mass is 9.84. The molecule has 0 aromatic carbocycles. The van der Waals surface area contributed by atoms with Crippen molar-refractivity contribution in [3.8, 4) is 0 Å². The molecule has 0 aromatic heterocycles. The Bertz CT molecular complexity index is 207. The maximum Gasteiger partial charge on any atom is 0.0240 e. The van der Waals surface area contributed by atoms with Crippen LogP contribution in [-0.4, -0.2) is 37.1 Å². The predicted molar refractivity (Wildman–Crippen MR) is 69.6 cm³/mol. The summed E-state index contributed by atoms with van der Waals surface area (Å²) in [6.45, 7) is 7.22. The van der Waals surface area contributed by atoms with Crippen LogP contribution in [-0.2, 0) is 0 Å². The summed E-state index contributed by atoms with van der Waals surface area (Å²) >= 11 is 0. The zero-order valence-corrected chi connectivity index (χ0v) is 11.2. The molecule has 1 atom stereocenters. The van der Waals surface area contributed by atoms with Crippen molar-refractivity contribution in [2.75, 3.05) is 20.1 Å². The fourth-order valence-electron chi connectivity index (χ4n) is 2.69. The van der Waals surface area contributed by atoms with E-state index in [9.17, 15) is 0 Å². The molecule has 94 valence electrons. The van der Waals surface area contributed by atoms with Gasteiger partial charge in [0.1, 0.15) is 0 Å². The van der Waals surface area contributed by atoms with Gasteiger partial charge in [0.05, 0.1) is 0 Å². The largest absolute Gasteiger partial charge is 0.312 e. The van der Waals surface area contributed by atoms with Crippen LogP contribution in [0.4, 0.5) is 0 Å². The molecule has 0 saturated heterocycles. The molecule has 2 aliphatic carbocycles. The summed E-state index contributed by atoms with van der Waals surface area (Å²) in [7, 11) is 2.32. The molecule has 2 saturated carbocycles. The van der Waals surface area contributed by atoms with E-state index in [0.717, 1.165) is 23.9 Å². The molecule has 0 bridgehead atoms. The zero-order valence-electron chi connectivity index (χ0n) is 11.2. The van der Waals surface area contributed by atoms with Crippen molar-refractivity contribution in [1.29, 1.82) is 0 Å². The van der Waals surface area contributed by atoms with Crippen LogP contribution >= 0.6 is 0 Å². The van der Waals surface area contributed by atoms with Crippen molar-refractivity contribution < 1.29 is 0 Å². The lowest BCUT2D eigenvalue weighted by Gasteiger charge is -2.37. The second-order valence-electron chi connectivity index (χ2n) is 6.23. The Hall–Kier alpha value is -0.0800. The maximum atomic E-state index is 3.69. The van der Waals surface area contributed by atoms with Gasteiger partial charge in [-0.2, -0.15) is 0 Å². The van der Waals surface area contributed by atoms with Gasteiger partial charge in [0.25, 0.3) is 0 Å². The molecule has 0 amide bonds. The molecular formula is C14H28N2. The van der Waals surface area contributed by atoms with Gasteiger partial charge in [0.2, 0.25) is 0 Å². The van der Waals surface area contributed by atoms with E-state index in [2.05, 4.69) is 31.1 Å². The third-order valence-corrected chi connectivity index (χ3v) is 4.30. The highest BCUT2D eigenvalue weighted by molar-refractivity contribution is 4.85. The minimum absolute atomic E-state index is 0.723. The van der Waals surface area contributed by atoms with Crippen LogP contribution in [0.3, 0.4) is 0 Å². The first-order valence-corrected chi connectivity index (χ1v) is 7.10.